The molecule has 1 heterocycles. The van der Waals surface area contributed by atoms with E-state index in [0.717, 1.165) is 18.5 Å². The van der Waals surface area contributed by atoms with E-state index in [9.17, 15) is 4.79 Å². The number of aromatic nitrogens is 4. The number of fused-ring (bicyclic) bond motifs is 1. The summed E-state index contributed by atoms with van der Waals surface area (Å²) in [6, 6.07) is 6.00. The number of hydrogen-bond acceptors (Lipinski definition) is 3. The highest BCUT2D eigenvalue weighted by molar-refractivity contribution is 5.41. The van der Waals surface area contributed by atoms with Crippen molar-refractivity contribution in [2.24, 2.45) is 0 Å². The second kappa shape index (κ2) is 3.05. The van der Waals surface area contributed by atoms with Crippen LogP contribution in [0.1, 0.15) is 17.5 Å². The van der Waals surface area contributed by atoms with Gasteiger partial charge in [0.2, 0.25) is 0 Å². The Balaban J connectivity index is 2.15. The Morgan fingerprint density at radius 2 is 2.13 bits per heavy atom. The minimum absolute atomic E-state index is 0.298. The molecule has 2 aromatic rings. The van der Waals surface area contributed by atoms with Crippen LogP contribution in [-0.2, 0) is 12.8 Å². The molecule has 5 nitrogen and oxygen atoms in total. The fourth-order valence-corrected chi connectivity index (χ4v) is 2.06. The predicted octanol–water partition coefficient (Wildman–Crippen LogP) is 0.444. The Labute approximate surface area is 85.7 Å². The molecule has 15 heavy (non-hydrogen) atoms. The van der Waals surface area contributed by atoms with Crippen molar-refractivity contribution < 1.29 is 0 Å². The summed E-state index contributed by atoms with van der Waals surface area (Å²) in [6.45, 7) is 0. The van der Waals surface area contributed by atoms with Crippen molar-refractivity contribution in [3.05, 3.63) is 39.8 Å². The Morgan fingerprint density at radius 1 is 1.27 bits per heavy atom. The van der Waals surface area contributed by atoms with E-state index >= 15 is 0 Å². The van der Waals surface area contributed by atoms with Crippen LogP contribution in [-0.4, -0.2) is 20.2 Å². The average Bonchev–Trinajstić information content (AvgIpc) is 2.84. The van der Waals surface area contributed by atoms with Gasteiger partial charge < -0.3 is 0 Å². The second-order valence-corrected chi connectivity index (χ2v) is 3.72. The Hall–Kier alpha value is -1.91. The first-order valence-corrected chi connectivity index (χ1v) is 4.97. The fourth-order valence-electron chi connectivity index (χ4n) is 2.06. The third-order valence-corrected chi connectivity index (χ3v) is 2.80. The monoisotopic (exact) mass is 202 g/mol. The quantitative estimate of drug-likeness (QED) is 0.730. The van der Waals surface area contributed by atoms with Crippen LogP contribution in [0.2, 0.25) is 0 Å². The fraction of sp³-hybridized carbons (Fsp3) is 0.300. The van der Waals surface area contributed by atoms with Gasteiger partial charge in [0.1, 0.15) is 0 Å². The summed E-state index contributed by atoms with van der Waals surface area (Å²) in [5, 5.41) is 9.46. The summed E-state index contributed by atoms with van der Waals surface area (Å²) in [5.74, 6) is 0. The Bertz CT molecular complexity index is 555. The highest BCUT2D eigenvalue weighted by Gasteiger charge is 2.12. The van der Waals surface area contributed by atoms with E-state index in [4.69, 9.17) is 0 Å². The molecule has 0 bridgehead atoms. The summed E-state index contributed by atoms with van der Waals surface area (Å²) < 4.78 is 1.28. The van der Waals surface area contributed by atoms with Crippen LogP contribution < -0.4 is 5.69 Å². The van der Waals surface area contributed by atoms with Gasteiger partial charge in [-0.05, 0) is 52.9 Å². The molecule has 3 rings (SSSR count). The van der Waals surface area contributed by atoms with Crippen LogP contribution >= 0.6 is 0 Å². The largest absolute Gasteiger partial charge is 0.365 e. The van der Waals surface area contributed by atoms with Crippen molar-refractivity contribution in [2.75, 3.05) is 0 Å². The molecule has 0 fully saturated rings. The van der Waals surface area contributed by atoms with Crippen LogP contribution in [0.25, 0.3) is 5.69 Å². The number of benzene rings is 1. The molecule has 1 aliphatic carbocycles. The van der Waals surface area contributed by atoms with Crippen LogP contribution in [0, 0.1) is 0 Å². The topological polar surface area (TPSA) is 63.6 Å². The second-order valence-electron chi connectivity index (χ2n) is 3.72. The molecule has 0 atom stereocenters. The van der Waals surface area contributed by atoms with Gasteiger partial charge in [0, 0.05) is 0 Å². The predicted molar refractivity (Wildman–Crippen MR) is 54.0 cm³/mol. The zero-order valence-corrected chi connectivity index (χ0v) is 8.10. The molecule has 0 amide bonds. The van der Waals surface area contributed by atoms with Crippen LogP contribution in [0.15, 0.2) is 23.0 Å². The Kier molecular flexibility index (Phi) is 1.71. The molecule has 1 aromatic carbocycles. The first kappa shape index (κ1) is 8.40. The lowest BCUT2D eigenvalue weighted by atomic mass is 10.1. The maximum atomic E-state index is 11.3. The summed E-state index contributed by atoms with van der Waals surface area (Å²) in [6.07, 6.45) is 3.44. The van der Waals surface area contributed by atoms with Crippen molar-refractivity contribution in [3.8, 4) is 5.69 Å². The van der Waals surface area contributed by atoms with Gasteiger partial charge in [0.05, 0.1) is 5.69 Å². The SMILES string of the molecule is O=c1[nH]nnn1-c1ccc2c(c1)CCC2. The number of nitrogens with zero attached hydrogens (tertiary/aromatic N) is 3. The number of aromatic amines is 1. The molecule has 0 saturated heterocycles. The zero-order chi connectivity index (χ0) is 10.3. The van der Waals surface area contributed by atoms with Gasteiger partial charge in [-0.2, -0.15) is 4.68 Å². The molecular weight excluding hydrogens is 192 g/mol. The number of tetrazole rings is 1. The van der Waals surface area contributed by atoms with Crippen molar-refractivity contribution in [2.45, 2.75) is 19.3 Å². The van der Waals surface area contributed by atoms with Crippen molar-refractivity contribution in [1.29, 1.82) is 0 Å². The lowest BCUT2D eigenvalue weighted by molar-refractivity contribution is 0.778. The van der Waals surface area contributed by atoms with Gasteiger partial charge in [-0.1, -0.05) is 6.07 Å². The lowest BCUT2D eigenvalue weighted by Crippen LogP contribution is -2.16. The third-order valence-electron chi connectivity index (χ3n) is 2.80. The van der Waals surface area contributed by atoms with E-state index in [1.165, 1.54) is 22.2 Å². The van der Waals surface area contributed by atoms with E-state index in [1.807, 2.05) is 12.1 Å². The van der Waals surface area contributed by atoms with Gasteiger partial charge in [-0.15, -0.1) is 0 Å². The number of hydrogen-bond donors (Lipinski definition) is 1. The molecule has 0 radical (unpaired) electrons. The highest BCUT2D eigenvalue weighted by Crippen LogP contribution is 2.23. The molecule has 1 aromatic heterocycles. The van der Waals surface area contributed by atoms with E-state index in [1.54, 1.807) is 0 Å². The van der Waals surface area contributed by atoms with Crippen molar-refractivity contribution in [1.82, 2.24) is 20.2 Å². The molecule has 0 aliphatic heterocycles. The molecule has 76 valence electrons. The minimum Gasteiger partial charge on any atom is -0.244 e. The molecule has 5 heteroatoms. The van der Waals surface area contributed by atoms with E-state index in [0.29, 0.717) is 0 Å². The third kappa shape index (κ3) is 1.27. The van der Waals surface area contributed by atoms with Gasteiger partial charge >= 0.3 is 5.69 Å². The van der Waals surface area contributed by atoms with E-state index < -0.39 is 0 Å². The minimum atomic E-state index is -0.298. The molecule has 1 N–H and O–H groups in total. The number of nitrogens with one attached hydrogen (secondary N) is 1. The number of H-pyrrole nitrogens is 1. The summed E-state index contributed by atoms with van der Waals surface area (Å²) in [5.41, 5.74) is 3.19. The number of rotatable bonds is 1. The van der Waals surface area contributed by atoms with Crippen LogP contribution in [0.4, 0.5) is 0 Å². The van der Waals surface area contributed by atoms with Crippen molar-refractivity contribution in [3.63, 3.8) is 0 Å². The smallest absolute Gasteiger partial charge is 0.244 e. The standard InChI is InChI=1S/C10H10N4O/c15-10-11-12-13-14(10)9-5-4-7-2-1-3-8(7)6-9/h4-6H,1-3H2,(H,11,13,15). The average molecular weight is 202 g/mol. The molecular formula is C10H10N4O. The number of aryl methyl sites for hydroxylation is 2. The van der Waals surface area contributed by atoms with E-state index in [2.05, 4.69) is 21.6 Å². The van der Waals surface area contributed by atoms with Gasteiger partial charge in [0.25, 0.3) is 0 Å². The van der Waals surface area contributed by atoms with Gasteiger partial charge in [-0.25, -0.2) is 9.89 Å². The highest BCUT2D eigenvalue weighted by atomic mass is 16.2. The molecule has 0 unspecified atom stereocenters. The van der Waals surface area contributed by atoms with Gasteiger partial charge in [0.15, 0.2) is 0 Å². The maximum absolute atomic E-state index is 11.3. The van der Waals surface area contributed by atoms with Gasteiger partial charge in [-0.3, -0.25) is 0 Å². The normalized spacial score (nSPS) is 14.1. The van der Waals surface area contributed by atoms with E-state index in [-0.39, 0.29) is 5.69 Å². The molecule has 1 aliphatic rings. The summed E-state index contributed by atoms with van der Waals surface area (Å²) in [7, 11) is 0. The van der Waals surface area contributed by atoms with Crippen molar-refractivity contribution >= 4 is 0 Å². The zero-order valence-electron chi connectivity index (χ0n) is 8.10. The molecule has 0 spiro atoms. The first-order chi connectivity index (χ1) is 7.34. The summed E-state index contributed by atoms with van der Waals surface area (Å²) in [4.78, 5) is 11.3. The lowest BCUT2D eigenvalue weighted by Gasteiger charge is -2.02. The van der Waals surface area contributed by atoms with Crippen LogP contribution in [0.3, 0.4) is 0 Å². The summed E-state index contributed by atoms with van der Waals surface area (Å²) >= 11 is 0. The molecule has 0 saturated carbocycles. The van der Waals surface area contributed by atoms with Crippen LogP contribution in [0.5, 0.6) is 0 Å². The first-order valence-electron chi connectivity index (χ1n) is 4.97. The maximum Gasteiger partial charge on any atom is 0.365 e. The Morgan fingerprint density at radius 3 is 2.93 bits per heavy atom.